The maximum Gasteiger partial charge on any atom is 0.424 e. The summed E-state index contributed by atoms with van der Waals surface area (Å²) in [6.45, 7) is 2.81. The third-order valence-electron chi connectivity index (χ3n) is 15.0. The standard InChI is InChI=1S/C56H44N4O8S3/c1-31-37(49(61)59(51(63)39(31)27-57)53(65)67-29-33-15-7-3-8-16-33)23-35-25-41-46(69-35)43-44(55(41)19-11-5-12-20-55)48-45(56(43)21-13-6-14-22-56)47-42(71-48)26-36(70-47)24-38-32(2)40(28-58)52(64)60(50(38)62)54(66)68-30-34-17-9-4-10-18-34/h3-4,7-10,15-18,23-26H,5-6,11-14,19-22,29-30H2,1-2H3/b37-23+,38-24+. The maximum atomic E-state index is 14.2. The lowest BCUT2D eigenvalue weighted by Gasteiger charge is -2.37. The van der Waals surface area contributed by atoms with Crippen molar-refractivity contribution in [1.82, 2.24) is 9.80 Å². The molecule has 6 amide bonds. The lowest BCUT2D eigenvalue weighted by Crippen LogP contribution is -2.46. The number of fused-ring (bicyclic) bond motifs is 10. The van der Waals surface area contributed by atoms with Crippen LogP contribution in [-0.4, -0.2) is 45.6 Å². The van der Waals surface area contributed by atoms with Crippen LogP contribution in [0.3, 0.4) is 0 Å². The van der Waals surface area contributed by atoms with Crippen LogP contribution in [0.2, 0.25) is 0 Å². The summed E-state index contributed by atoms with van der Waals surface area (Å²) < 4.78 is 13.1. The molecule has 11 rings (SSSR count). The van der Waals surface area contributed by atoms with Crippen molar-refractivity contribution in [1.29, 1.82) is 10.5 Å². The van der Waals surface area contributed by atoms with Gasteiger partial charge in [0, 0.05) is 46.2 Å². The van der Waals surface area contributed by atoms with Crippen molar-refractivity contribution in [2.24, 2.45) is 0 Å². The number of hydrogen-bond donors (Lipinski definition) is 0. The van der Waals surface area contributed by atoms with Crippen LogP contribution in [0.25, 0.3) is 32.7 Å². The molecule has 354 valence electrons. The Balaban J connectivity index is 0.974. The Bertz CT molecular complexity index is 3450. The molecule has 2 aromatic carbocycles. The Kier molecular flexibility index (Phi) is 11.6. The highest BCUT2D eigenvalue weighted by atomic mass is 32.1. The van der Waals surface area contributed by atoms with Crippen LogP contribution in [0.5, 0.6) is 0 Å². The van der Waals surface area contributed by atoms with Crippen LogP contribution >= 0.6 is 34.0 Å². The molecule has 4 aliphatic carbocycles. The second-order valence-corrected chi connectivity index (χ2v) is 22.1. The fraction of sp³-hybridized carbons (Fsp3) is 0.286. The number of ether oxygens (including phenoxy) is 2. The Morgan fingerprint density at radius 1 is 0.606 bits per heavy atom. The van der Waals surface area contributed by atoms with Gasteiger partial charge in [-0.05, 0) is 108 Å². The summed E-state index contributed by atoms with van der Waals surface area (Å²) in [4.78, 5) is 87.1. The molecule has 2 aliphatic heterocycles. The number of rotatable bonds is 6. The van der Waals surface area contributed by atoms with Crippen LogP contribution in [-0.2, 0) is 52.7 Å². The molecule has 12 nitrogen and oxygen atoms in total. The van der Waals surface area contributed by atoms with Crippen LogP contribution in [0.15, 0.2) is 106 Å². The van der Waals surface area contributed by atoms with Crippen molar-refractivity contribution in [3.05, 3.63) is 148 Å². The van der Waals surface area contributed by atoms with Crippen molar-refractivity contribution in [3.8, 4) is 12.1 Å². The van der Waals surface area contributed by atoms with Crippen molar-refractivity contribution in [2.75, 3.05) is 0 Å². The van der Waals surface area contributed by atoms with Gasteiger partial charge in [0.25, 0.3) is 23.6 Å². The quantitative estimate of drug-likeness (QED) is 0.118. The average molecular weight is 997 g/mol. The number of carbonyl (C=O) groups excluding carboxylic acids is 6. The topological polar surface area (TPSA) is 175 Å². The molecule has 15 heteroatoms. The Hall–Kier alpha value is -7.30. The van der Waals surface area contributed by atoms with Crippen molar-refractivity contribution in [2.45, 2.75) is 102 Å². The second kappa shape index (κ2) is 17.8. The van der Waals surface area contributed by atoms with Gasteiger partial charge in [-0.25, -0.2) is 9.59 Å². The zero-order valence-corrected chi connectivity index (χ0v) is 41.3. The SMILES string of the molecule is CC1=C(C#N)C(=O)N(C(=O)OCc2ccccc2)C(=O)/C1=C/c1cc2c(s1)C1=C(c3sc4cc(/C=C5/C(=O)N(C(=O)OCc6ccccc6)C(=O)C(C#N)=C5C)sc4c3C13CCCCC3)C21CCCCC1. The van der Waals surface area contributed by atoms with Crippen LogP contribution in [0.4, 0.5) is 9.59 Å². The molecule has 71 heavy (non-hydrogen) atoms. The fourth-order valence-corrected chi connectivity index (χ4v) is 16.0. The average Bonchev–Trinajstić information content (AvgIpc) is 4.17. The third kappa shape index (κ3) is 7.23. The Morgan fingerprint density at radius 2 is 1.07 bits per heavy atom. The van der Waals surface area contributed by atoms with Gasteiger partial charge in [0.1, 0.15) is 36.5 Å². The van der Waals surface area contributed by atoms with Gasteiger partial charge in [-0.3, -0.25) is 19.2 Å². The molecule has 0 radical (unpaired) electrons. The van der Waals surface area contributed by atoms with Gasteiger partial charge in [-0.1, -0.05) is 99.2 Å². The van der Waals surface area contributed by atoms with E-state index >= 15 is 0 Å². The molecule has 2 spiro atoms. The number of carbonyl (C=O) groups is 6. The van der Waals surface area contributed by atoms with Crippen molar-refractivity contribution >= 4 is 103 Å². The van der Waals surface area contributed by atoms with E-state index < -0.39 is 35.8 Å². The number of nitriles is 2. The van der Waals surface area contributed by atoms with E-state index in [0.29, 0.717) is 20.9 Å². The lowest BCUT2D eigenvalue weighted by atomic mass is 9.67. The highest BCUT2D eigenvalue weighted by Crippen LogP contribution is 2.72. The summed E-state index contributed by atoms with van der Waals surface area (Å²) in [6.07, 6.45) is 11.4. The lowest BCUT2D eigenvalue weighted by molar-refractivity contribution is -0.140. The molecule has 2 fully saturated rings. The summed E-state index contributed by atoms with van der Waals surface area (Å²) in [5.41, 5.74) is 6.13. The maximum absolute atomic E-state index is 14.2. The Labute approximate surface area is 421 Å². The molecule has 0 saturated heterocycles. The summed E-state index contributed by atoms with van der Waals surface area (Å²) in [7, 11) is 0. The summed E-state index contributed by atoms with van der Waals surface area (Å²) in [5.74, 6) is -3.71. The largest absolute Gasteiger partial charge is 0.444 e. The summed E-state index contributed by atoms with van der Waals surface area (Å²) >= 11 is 4.98. The molecule has 5 heterocycles. The first kappa shape index (κ1) is 46.1. The van der Waals surface area contributed by atoms with Crippen LogP contribution in [0.1, 0.15) is 120 Å². The Morgan fingerprint density at radius 3 is 1.56 bits per heavy atom. The van der Waals surface area contributed by atoms with E-state index in [2.05, 4.69) is 12.1 Å². The molecule has 0 N–H and O–H groups in total. The third-order valence-corrected chi connectivity index (χ3v) is 18.5. The molecule has 0 atom stereocenters. The number of nitrogens with zero attached hydrogens (tertiary/aromatic N) is 4. The number of imide groups is 6. The fourth-order valence-electron chi connectivity index (χ4n) is 11.7. The number of hydrogen-bond acceptors (Lipinski definition) is 13. The molecular formula is C56H44N4O8S3. The first-order valence-electron chi connectivity index (χ1n) is 23.7. The van der Waals surface area contributed by atoms with Crippen LogP contribution < -0.4 is 0 Å². The predicted octanol–water partition coefficient (Wildman–Crippen LogP) is 12.2. The molecule has 0 bridgehead atoms. The van der Waals surface area contributed by atoms with Gasteiger partial charge in [0.05, 0.1) is 4.70 Å². The van der Waals surface area contributed by atoms with Gasteiger partial charge in [-0.15, -0.1) is 34.0 Å². The second-order valence-electron chi connectivity index (χ2n) is 18.9. The number of thiophene rings is 3. The molecule has 5 aromatic rings. The number of amides is 6. The normalized spacial score (nSPS) is 20.3. The van der Waals surface area contributed by atoms with E-state index in [1.807, 2.05) is 24.3 Å². The first-order valence-corrected chi connectivity index (χ1v) is 26.2. The van der Waals surface area contributed by atoms with E-state index in [1.54, 1.807) is 109 Å². The van der Waals surface area contributed by atoms with Gasteiger partial charge in [0.15, 0.2) is 0 Å². The minimum atomic E-state index is -1.15. The molecular weight excluding hydrogens is 953 g/mol. The van der Waals surface area contributed by atoms with Gasteiger partial charge in [0.2, 0.25) is 0 Å². The van der Waals surface area contributed by atoms with E-state index in [1.165, 1.54) is 32.0 Å². The molecule has 6 aliphatic rings. The summed E-state index contributed by atoms with van der Waals surface area (Å²) in [5, 5.41) is 20.3. The number of benzene rings is 2. The molecule has 3 aromatic heterocycles. The highest BCUT2D eigenvalue weighted by molar-refractivity contribution is 7.29. The smallest absolute Gasteiger partial charge is 0.424 e. The summed E-state index contributed by atoms with van der Waals surface area (Å²) in [6, 6.07) is 26.0. The van der Waals surface area contributed by atoms with Gasteiger partial charge >= 0.3 is 12.2 Å². The first-order chi connectivity index (χ1) is 34.4. The van der Waals surface area contributed by atoms with Crippen LogP contribution in [0, 0.1) is 22.7 Å². The highest BCUT2D eigenvalue weighted by Gasteiger charge is 2.59. The predicted molar refractivity (Wildman–Crippen MR) is 270 cm³/mol. The van der Waals surface area contributed by atoms with Gasteiger partial charge < -0.3 is 9.47 Å². The van der Waals surface area contributed by atoms with Gasteiger partial charge in [-0.2, -0.15) is 20.3 Å². The van der Waals surface area contributed by atoms with E-state index in [0.717, 1.165) is 83.4 Å². The van der Waals surface area contributed by atoms with Crippen molar-refractivity contribution < 1.29 is 38.2 Å². The minimum Gasteiger partial charge on any atom is -0.444 e. The number of allylic oxidation sites excluding steroid dienone is 2. The minimum absolute atomic E-state index is 0.0716. The van der Waals surface area contributed by atoms with E-state index in [9.17, 15) is 39.3 Å². The monoisotopic (exact) mass is 996 g/mol. The zero-order chi connectivity index (χ0) is 49.3. The molecule has 2 saturated carbocycles. The zero-order valence-electron chi connectivity index (χ0n) is 38.8. The van der Waals surface area contributed by atoms with E-state index in [-0.39, 0.29) is 57.5 Å². The van der Waals surface area contributed by atoms with Crippen molar-refractivity contribution in [3.63, 3.8) is 0 Å². The molecule has 0 unspecified atom stereocenters. The van der Waals surface area contributed by atoms with E-state index in [4.69, 9.17) is 9.47 Å².